The lowest BCUT2D eigenvalue weighted by molar-refractivity contribution is -0.116. The molecule has 0 fully saturated rings. The van der Waals surface area contributed by atoms with E-state index in [4.69, 9.17) is 4.74 Å². The zero-order valence-electron chi connectivity index (χ0n) is 18.1. The molecule has 8 heteroatoms. The summed E-state index contributed by atoms with van der Waals surface area (Å²) in [6.45, 7) is 1.97. The lowest BCUT2D eigenvalue weighted by Crippen LogP contribution is -2.10. The van der Waals surface area contributed by atoms with Gasteiger partial charge in [0.2, 0.25) is 11.8 Å². The van der Waals surface area contributed by atoms with Crippen molar-refractivity contribution in [3.05, 3.63) is 60.2 Å². The molecule has 1 amide bonds. The molecule has 2 aromatic heterocycles. The lowest BCUT2D eigenvalue weighted by Gasteiger charge is -2.11. The van der Waals surface area contributed by atoms with E-state index >= 15 is 0 Å². The number of anilines is 1. The molecule has 0 atom stereocenters. The first-order valence-electron chi connectivity index (χ1n) is 10.5. The quantitative estimate of drug-likeness (QED) is 0.384. The summed E-state index contributed by atoms with van der Waals surface area (Å²) >= 11 is 0. The number of aromatic amines is 1. The summed E-state index contributed by atoms with van der Waals surface area (Å²) in [5.41, 5.74) is 4.10. The van der Waals surface area contributed by atoms with Crippen molar-refractivity contribution < 1.29 is 14.6 Å². The molecule has 3 N–H and O–H groups in total. The van der Waals surface area contributed by atoms with Crippen LogP contribution in [0.5, 0.6) is 11.6 Å². The van der Waals surface area contributed by atoms with E-state index in [-0.39, 0.29) is 11.8 Å². The van der Waals surface area contributed by atoms with Gasteiger partial charge in [-0.2, -0.15) is 10.1 Å². The monoisotopic (exact) mass is 431 g/mol. The number of carbonyl (C=O) groups excluding carboxylic acids is 1. The van der Waals surface area contributed by atoms with Crippen LogP contribution in [0.1, 0.15) is 31.2 Å². The number of nitrogens with one attached hydrogen (secondary N) is 2. The minimum Gasteiger partial charge on any atom is -0.494 e. The highest BCUT2D eigenvalue weighted by atomic mass is 16.5. The summed E-state index contributed by atoms with van der Waals surface area (Å²) < 4.78 is 5.54. The van der Waals surface area contributed by atoms with Gasteiger partial charge in [-0.05, 0) is 48.2 Å². The largest absolute Gasteiger partial charge is 0.494 e. The Morgan fingerprint density at radius 3 is 2.78 bits per heavy atom. The molecule has 8 nitrogen and oxygen atoms in total. The fourth-order valence-electron chi connectivity index (χ4n) is 3.58. The average Bonchev–Trinajstić information content (AvgIpc) is 3.33. The van der Waals surface area contributed by atoms with Crippen LogP contribution in [-0.2, 0) is 17.6 Å². The lowest BCUT2D eigenvalue weighted by atomic mass is 10.1. The highest BCUT2D eigenvalue weighted by Crippen LogP contribution is 2.34. The van der Waals surface area contributed by atoms with E-state index in [0.717, 1.165) is 28.8 Å². The summed E-state index contributed by atoms with van der Waals surface area (Å²) in [6, 6.07) is 11.4. The summed E-state index contributed by atoms with van der Waals surface area (Å²) in [4.78, 5) is 20.8. The smallest absolute Gasteiger partial charge is 0.224 e. The van der Waals surface area contributed by atoms with Gasteiger partial charge in [-0.1, -0.05) is 19.1 Å². The number of hydrogen-bond acceptors (Lipinski definition) is 6. The van der Waals surface area contributed by atoms with Crippen LogP contribution in [0.3, 0.4) is 0 Å². The Kier molecular flexibility index (Phi) is 6.30. The molecule has 0 unspecified atom stereocenters. The molecule has 0 saturated heterocycles. The van der Waals surface area contributed by atoms with Gasteiger partial charge in [0.1, 0.15) is 17.1 Å². The highest BCUT2D eigenvalue weighted by Gasteiger charge is 2.14. The molecule has 0 radical (unpaired) electrons. The number of rotatable bonds is 8. The topological polar surface area (TPSA) is 113 Å². The third-order valence-electron chi connectivity index (χ3n) is 5.17. The van der Waals surface area contributed by atoms with E-state index in [1.165, 1.54) is 0 Å². The predicted octanol–water partition coefficient (Wildman–Crippen LogP) is 4.26. The van der Waals surface area contributed by atoms with E-state index < -0.39 is 0 Å². The number of fused-ring (bicyclic) bond motifs is 1. The van der Waals surface area contributed by atoms with Crippen molar-refractivity contribution >= 4 is 22.5 Å². The molecule has 0 saturated carbocycles. The number of hydrogen-bond donors (Lipinski definition) is 3. The number of benzene rings is 2. The van der Waals surface area contributed by atoms with Crippen LogP contribution in [-0.4, -0.2) is 38.3 Å². The van der Waals surface area contributed by atoms with E-state index in [9.17, 15) is 9.90 Å². The van der Waals surface area contributed by atoms with Crippen LogP contribution in [0.15, 0.2) is 48.8 Å². The van der Waals surface area contributed by atoms with Gasteiger partial charge in [0, 0.05) is 30.3 Å². The van der Waals surface area contributed by atoms with Gasteiger partial charge in [-0.15, -0.1) is 0 Å². The molecule has 0 aliphatic carbocycles. The molecule has 0 aliphatic rings. The van der Waals surface area contributed by atoms with Crippen molar-refractivity contribution in [2.45, 2.75) is 32.6 Å². The van der Waals surface area contributed by atoms with Gasteiger partial charge < -0.3 is 15.2 Å². The van der Waals surface area contributed by atoms with Crippen LogP contribution < -0.4 is 10.1 Å². The number of amides is 1. The molecular formula is C24H25N5O3. The minimum atomic E-state index is -0.0887. The molecule has 0 spiro atoms. The SMILES string of the molecule is CCCC(=O)Nc1cccc(CCc2nc(O)c3cc(-c4cn[nH]c4)cc(OC)c3n2)c1. The molecule has 4 aromatic rings. The van der Waals surface area contributed by atoms with E-state index in [2.05, 4.69) is 25.5 Å². The van der Waals surface area contributed by atoms with Gasteiger partial charge in [-0.25, -0.2) is 4.98 Å². The Morgan fingerprint density at radius 2 is 2.03 bits per heavy atom. The van der Waals surface area contributed by atoms with E-state index in [0.29, 0.717) is 41.7 Å². The van der Waals surface area contributed by atoms with E-state index in [1.54, 1.807) is 19.5 Å². The number of aryl methyl sites for hydroxylation is 2. The standard InChI is InChI=1S/C24H25N5O3/c1-3-5-22(30)27-18-7-4-6-15(10-18)8-9-21-28-23-19(24(31)29-21)11-16(12-20(23)32-2)17-13-25-26-14-17/h4,6-7,10-14H,3,5,8-9H2,1-2H3,(H,25,26)(H,27,30)(H,28,29,31). The molecule has 32 heavy (non-hydrogen) atoms. The number of aromatic hydroxyl groups is 1. The predicted molar refractivity (Wildman–Crippen MR) is 123 cm³/mol. The molecule has 0 bridgehead atoms. The molecule has 164 valence electrons. The van der Waals surface area contributed by atoms with E-state index in [1.807, 2.05) is 43.3 Å². The van der Waals surface area contributed by atoms with Gasteiger partial charge in [-0.3, -0.25) is 9.89 Å². The average molecular weight is 431 g/mol. The second-order valence-corrected chi connectivity index (χ2v) is 7.52. The Bertz CT molecular complexity index is 1240. The summed E-state index contributed by atoms with van der Waals surface area (Å²) in [6.07, 6.45) is 5.97. The maximum atomic E-state index is 11.8. The normalized spacial score (nSPS) is 10.9. The fraction of sp³-hybridized carbons (Fsp3) is 0.250. The third kappa shape index (κ3) is 4.69. The molecular weight excluding hydrogens is 406 g/mol. The third-order valence-corrected chi connectivity index (χ3v) is 5.17. The van der Waals surface area contributed by atoms with Crippen molar-refractivity contribution in [3.8, 4) is 22.8 Å². The summed E-state index contributed by atoms with van der Waals surface area (Å²) in [5.74, 6) is 0.992. The van der Waals surface area contributed by atoms with Gasteiger partial charge in [0.05, 0.1) is 18.7 Å². The number of nitrogens with zero attached hydrogens (tertiary/aromatic N) is 3. The van der Waals surface area contributed by atoms with Crippen LogP contribution >= 0.6 is 0 Å². The van der Waals surface area contributed by atoms with Crippen molar-refractivity contribution in [2.24, 2.45) is 0 Å². The molecule has 4 rings (SSSR count). The zero-order valence-corrected chi connectivity index (χ0v) is 18.1. The maximum absolute atomic E-state index is 11.8. The Balaban J connectivity index is 1.57. The van der Waals surface area contributed by atoms with Crippen molar-refractivity contribution in [2.75, 3.05) is 12.4 Å². The Labute approximate surface area is 185 Å². The first-order chi connectivity index (χ1) is 15.6. The number of ether oxygens (including phenoxy) is 1. The van der Waals surface area contributed by atoms with Crippen LogP contribution in [0, 0.1) is 0 Å². The number of methoxy groups -OCH3 is 1. The molecule has 2 aromatic carbocycles. The van der Waals surface area contributed by atoms with Crippen LogP contribution in [0.2, 0.25) is 0 Å². The fourth-order valence-corrected chi connectivity index (χ4v) is 3.58. The van der Waals surface area contributed by atoms with Gasteiger partial charge in [0.15, 0.2) is 0 Å². The van der Waals surface area contributed by atoms with Crippen LogP contribution in [0.4, 0.5) is 5.69 Å². The van der Waals surface area contributed by atoms with Crippen molar-refractivity contribution in [1.82, 2.24) is 20.2 Å². The van der Waals surface area contributed by atoms with Crippen molar-refractivity contribution in [3.63, 3.8) is 0 Å². The second kappa shape index (κ2) is 9.47. The number of carbonyl (C=O) groups is 1. The first-order valence-corrected chi connectivity index (χ1v) is 10.5. The highest BCUT2D eigenvalue weighted by molar-refractivity contribution is 5.93. The molecule has 2 heterocycles. The van der Waals surface area contributed by atoms with Gasteiger partial charge in [0.25, 0.3) is 0 Å². The number of aromatic nitrogens is 4. The van der Waals surface area contributed by atoms with Crippen LogP contribution in [0.25, 0.3) is 22.0 Å². The Hall–Kier alpha value is -3.94. The summed E-state index contributed by atoms with van der Waals surface area (Å²) in [7, 11) is 1.57. The zero-order chi connectivity index (χ0) is 22.5. The second-order valence-electron chi connectivity index (χ2n) is 7.52. The van der Waals surface area contributed by atoms with Crippen molar-refractivity contribution in [1.29, 1.82) is 0 Å². The first kappa shape index (κ1) is 21.3. The molecule has 0 aliphatic heterocycles. The van der Waals surface area contributed by atoms with Gasteiger partial charge >= 0.3 is 0 Å². The number of H-pyrrole nitrogens is 1. The Morgan fingerprint density at radius 1 is 1.16 bits per heavy atom. The summed E-state index contributed by atoms with van der Waals surface area (Å²) in [5, 5.41) is 20.8. The minimum absolute atomic E-state index is 0.00863. The maximum Gasteiger partial charge on any atom is 0.224 e.